The molecule has 1 aromatic carbocycles. The zero-order valence-electron chi connectivity index (χ0n) is 14.0. The summed E-state index contributed by atoms with van der Waals surface area (Å²) >= 11 is 5.95. The molecule has 6 nitrogen and oxygen atoms in total. The van der Waals surface area contributed by atoms with E-state index in [4.69, 9.17) is 11.6 Å². The van der Waals surface area contributed by atoms with Crippen LogP contribution in [-0.2, 0) is 10.0 Å². The van der Waals surface area contributed by atoms with Crippen molar-refractivity contribution >= 4 is 27.5 Å². The maximum Gasteiger partial charge on any atom is 0.251 e. The molecule has 1 aliphatic heterocycles. The maximum atomic E-state index is 12.4. The summed E-state index contributed by atoms with van der Waals surface area (Å²) in [5.41, 5.74) is 0.296. The first-order valence-corrected chi connectivity index (χ1v) is 9.99. The molecular weight excluding hydrogens is 350 g/mol. The Morgan fingerprint density at radius 3 is 2.58 bits per heavy atom. The highest BCUT2D eigenvalue weighted by Crippen LogP contribution is 2.22. The lowest BCUT2D eigenvalue weighted by molar-refractivity contribution is 0.0911. The molecule has 0 bridgehead atoms. The van der Waals surface area contributed by atoms with Crippen molar-refractivity contribution in [3.63, 3.8) is 0 Å². The molecule has 0 saturated carbocycles. The Hall–Kier alpha value is -1.15. The molecule has 1 amide bonds. The Bertz CT molecular complexity index is 686. The molecule has 1 saturated heterocycles. The summed E-state index contributed by atoms with van der Waals surface area (Å²) in [6.45, 7) is 5.19. The van der Waals surface area contributed by atoms with Crippen LogP contribution in [0.25, 0.3) is 0 Å². The van der Waals surface area contributed by atoms with E-state index in [2.05, 4.69) is 21.9 Å². The van der Waals surface area contributed by atoms with Gasteiger partial charge in [-0.15, -0.1) is 0 Å². The maximum absolute atomic E-state index is 12.4. The number of halogens is 1. The standard InChI is InChI=1S/C16H24ClN3O3S/c1-3-8-20-9-6-13(7-10-20)19-16(21)12-4-5-14(17)15(11-12)24(22,23)18-2/h4-5,11,13,18H,3,6-10H2,1-2H3,(H,19,21). The van der Waals surface area contributed by atoms with Crippen LogP contribution in [-0.4, -0.2) is 51.9 Å². The van der Waals surface area contributed by atoms with Crippen LogP contribution in [0.5, 0.6) is 0 Å². The van der Waals surface area contributed by atoms with Gasteiger partial charge in [0.15, 0.2) is 0 Å². The second-order valence-electron chi connectivity index (χ2n) is 5.94. The molecule has 1 fully saturated rings. The molecule has 2 rings (SSSR count). The van der Waals surface area contributed by atoms with E-state index < -0.39 is 10.0 Å². The van der Waals surface area contributed by atoms with Crippen LogP contribution in [0.15, 0.2) is 23.1 Å². The lowest BCUT2D eigenvalue weighted by Gasteiger charge is -2.32. The molecule has 1 heterocycles. The average Bonchev–Trinajstić information content (AvgIpc) is 2.57. The van der Waals surface area contributed by atoms with Crippen molar-refractivity contribution in [3.8, 4) is 0 Å². The third kappa shape index (κ3) is 4.69. The molecule has 2 N–H and O–H groups in total. The van der Waals surface area contributed by atoms with E-state index in [1.807, 2.05) is 0 Å². The van der Waals surface area contributed by atoms with E-state index in [0.717, 1.165) is 38.9 Å². The zero-order chi connectivity index (χ0) is 17.7. The molecule has 0 aromatic heterocycles. The number of piperidine rings is 1. The average molecular weight is 374 g/mol. The molecule has 1 aliphatic rings. The molecule has 0 unspecified atom stereocenters. The molecule has 0 radical (unpaired) electrons. The van der Waals surface area contributed by atoms with Crippen LogP contribution in [0.2, 0.25) is 5.02 Å². The number of amides is 1. The number of carbonyl (C=O) groups is 1. The van der Waals surface area contributed by atoms with Gasteiger partial charge in [-0.25, -0.2) is 13.1 Å². The van der Waals surface area contributed by atoms with Gasteiger partial charge in [0, 0.05) is 24.7 Å². The van der Waals surface area contributed by atoms with E-state index >= 15 is 0 Å². The van der Waals surface area contributed by atoms with Crippen LogP contribution in [0.4, 0.5) is 0 Å². The number of nitrogens with one attached hydrogen (secondary N) is 2. The highest BCUT2D eigenvalue weighted by molar-refractivity contribution is 7.89. The molecule has 24 heavy (non-hydrogen) atoms. The number of hydrogen-bond acceptors (Lipinski definition) is 4. The Morgan fingerprint density at radius 1 is 1.33 bits per heavy atom. The number of likely N-dealkylation sites (tertiary alicyclic amines) is 1. The van der Waals surface area contributed by atoms with Crippen LogP contribution in [0.1, 0.15) is 36.5 Å². The SMILES string of the molecule is CCCN1CCC(NC(=O)c2ccc(Cl)c(S(=O)(=O)NC)c2)CC1. The lowest BCUT2D eigenvalue weighted by atomic mass is 10.0. The van der Waals surface area contributed by atoms with Crippen molar-refractivity contribution in [3.05, 3.63) is 28.8 Å². The summed E-state index contributed by atoms with van der Waals surface area (Å²) in [5.74, 6) is -0.270. The van der Waals surface area contributed by atoms with Crippen molar-refractivity contribution in [2.24, 2.45) is 0 Å². The fraction of sp³-hybridized carbons (Fsp3) is 0.562. The summed E-state index contributed by atoms with van der Waals surface area (Å²) in [4.78, 5) is 14.7. The van der Waals surface area contributed by atoms with Crippen LogP contribution in [0.3, 0.4) is 0 Å². The fourth-order valence-electron chi connectivity index (χ4n) is 2.85. The summed E-state index contributed by atoms with van der Waals surface area (Å²) in [5, 5.41) is 3.08. The quantitative estimate of drug-likeness (QED) is 0.797. The van der Waals surface area contributed by atoms with E-state index in [9.17, 15) is 13.2 Å². The minimum atomic E-state index is -3.70. The Morgan fingerprint density at radius 2 is 2.00 bits per heavy atom. The molecular formula is C16H24ClN3O3S. The number of rotatable bonds is 6. The number of benzene rings is 1. The molecule has 0 atom stereocenters. The lowest BCUT2D eigenvalue weighted by Crippen LogP contribution is -2.44. The number of hydrogen-bond donors (Lipinski definition) is 2. The third-order valence-electron chi connectivity index (χ3n) is 4.21. The van der Waals surface area contributed by atoms with Crippen molar-refractivity contribution in [1.29, 1.82) is 0 Å². The Labute approximate surface area is 148 Å². The fourth-order valence-corrected chi connectivity index (χ4v) is 4.10. The molecule has 0 spiro atoms. The van der Waals surface area contributed by atoms with E-state index in [0.29, 0.717) is 5.56 Å². The first-order valence-electron chi connectivity index (χ1n) is 8.13. The van der Waals surface area contributed by atoms with Gasteiger partial charge in [0.25, 0.3) is 5.91 Å². The van der Waals surface area contributed by atoms with Gasteiger partial charge in [0.1, 0.15) is 4.90 Å². The van der Waals surface area contributed by atoms with Gasteiger partial charge in [-0.1, -0.05) is 18.5 Å². The van der Waals surface area contributed by atoms with E-state index in [-0.39, 0.29) is 21.9 Å². The van der Waals surface area contributed by atoms with Gasteiger partial charge in [0.05, 0.1) is 5.02 Å². The summed E-state index contributed by atoms with van der Waals surface area (Å²) < 4.78 is 26.1. The van der Waals surface area contributed by atoms with E-state index in [1.54, 1.807) is 6.07 Å². The number of carbonyl (C=O) groups excluding carboxylic acids is 1. The predicted octanol–water partition coefficient (Wildman–Crippen LogP) is 1.85. The van der Waals surface area contributed by atoms with Gasteiger partial charge in [0.2, 0.25) is 10.0 Å². The monoisotopic (exact) mass is 373 g/mol. The van der Waals surface area contributed by atoms with Gasteiger partial charge in [-0.2, -0.15) is 0 Å². The van der Waals surface area contributed by atoms with Crippen LogP contribution < -0.4 is 10.0 Å². The molecule has 1 aromatic rings. The van der Waals surface area contributed by atoms with Gasteiger partial charge >= 0.3 is 0 Å². The first-order chi connectivity index (χ1) is 11.4. The third-order valence-corrected chi connectivity index (χ3v) is 6.11. The summed E-state index contributed by atoms with van der Waals surface area (Å²) in [6, 6.07) is 4.41. The Balaban J connectivity index is 2.05. The number of sulfonamides is 1. The first kappa shape index (κ1) is 19.2. The normalized spacial score (nSPS) is 17.0. The van der Waals surface area contributed by atoms with Crippen molar-refractivity contribution in [2.75, 3.05) is 26.7 Å². The zero-order valence-corrected chi connectivity index (χ0v) is 15.6. The predicted molar refractivity (Wildman–Crippen MR) is 94.9 cm³/mol. The summed E-state index contributed by atoms with van der Waals surface area (Å²) in [7, 11) is -2.39. The van der Waals surface area contributed by atoms with Crippen molar-refractivity contribution in [1.82, 2.24) is 14.9 Å². The van der Waals surface area contributed by atoms with Crippen molar-refractivity contribution < 1.29 is 13.2 Å². The smallest absolute Gasteiger partial charge is 0.251 e. The van der Waals surface area contributed by atoms with Gasteiger partial charge in [-0.05, 0) is 51.1 Å². The van der Waals surface area contributed by atoms with Gasteiger partial charge < -0.3 is 10.2 Å². The number of nitrogens with zero attached hydrogens (tertiary/aromatic N) is 1. The van der Waals surface area contributed by atoms with E-state index in [1.165, 1.54) is 19.2 Å². The minimum Gasteiger partial charge on any atom is -0.349 e. The highest BCUT2D eigenvalue weighted by Gasteiger charge is 2.22. The largest absolute Gasteiger partial charge is 0.349 e. The minimum absolute atomic E-state index is 0.0860. The van der Waals surface area contributed by atoms with Gasteiger partial charge in [-0.3, -0.25) is 4.79 Å². The van der Waals surface area contributed by atoms with Crippen LogP contribution >= 0.6 is 11.6 Å². The second kappa shape index (κ2) is 8.29. The Kier molecular flexibility index (Phi) is 6.62. The van der Waals surface area contributed by atoms with Crippen molar-refractivity contribution in [2.45, 2.75) is 37.1 Å². The second-order valence-corrected chi connectivity index (χ2v) is 8.20. The molecule has 0 aliphatic carbocycles. The molecule has 8 heteroatoms. The molecule has 134 valence electrons. The highest BCUT2D eigenvalue weighted by atomic mass is 35.5. The van der Waals surface area contributed by atoms with Crippen LogP contribution in [0, 0.1) is 0 Å². The topological polar surface area (TPSA) is 78.5 Å². The summed E-state index contributed by atoms with van der Waals surface area (Å²) in [6.07, 6.45) is 2.94.